The summed E-state index contributed by atoms with van der Waals surface area (Å²) < 4.78 is 28.9. The smallest absolute Gasteiger partial charge is 0.192 e. The lowest BCUT2D eigenvalue weighted by molar-refractivity contribution is 0.598. The minimum atomic E-state index is -3.33. The largest absolute Gasteiger partial charge is 0.245 e. The molecule has 0 bridgehead atoms. The molecular weight excluding hydrogens is 150 g/mol. The van der Waals surface area contributed by atoms with Crippen molar-refractivity contribution >= 4 is 9.84 Å². The summed E-state index contributed by atoms with van der Waals surface area (Å²) in [4.78, 5) is 3.57. The second kappa shape index (κ2) is 2.38. The Kier molecular flexibility index (Phi) is 1.39. The Morgan fingerprint density at radius 3 is 2.70 bits per heavy atom. The number of sulfone groups is 1. The van der Waals surface area contributed by atoms with Gasteiger partial charge in [0.25, 0.3) is 0 Å². The summed E-state index contributed by atoms with van der Waals surface area (Å²) in [5.41, 5.74) is 0. The molecule has 0 aliphatic carbocycles. The Bertz CT molecular complexity index is 361. The molecule has 0 radical (unpaired) electrons. The van der Waals surface area contributed by atoms with Crippen molar-refractivity contribution in [3.63, 3.8) is 0 Å². The zero-order valence-electron chi connectivity index (χ0n) is 6.40. The van der Waals surface area contributed by atoms with Crippen LogP contribution in [0.1, 0.15) is 1.37 Å². The van der Waals surface area contributed by atoms with Crippen LogP contribution < -0.4 is 0 Å². The average Bonchev–Trinajstić information content (AvgIpc) is 1.86. The van der Waals surface area contributed by atoms with E-state index >= 15 is 0 Å². The highest BCUT2D eigenvalue weighted by Crippen LogP contribution is 2.00. The molecule has 0 aliphatic heterocycles. The van der Waals surface area contributed by atoms with Gasteiger partial charge in [0.15, 0.2) is 14.9 Å². The van der Waals surface area contributed by atoms with E-state index in [0.717, 1.165) is 6.26 Å². The van der Waals surface area contributed by atoms with Gasteiger partial charge in [0.1, 0.15) is 0 Å². The van der Waals surface area contributed by atoms with Crippen LogP contribution in [0.4, 0.5) is 0 Å². The SMILES string of the molecule is [2H]c1cccnc1S(C)(=O)=O. The van der Waals surface area contributed by atoms with Gasteiger partial charge in [0.05, 0.1) is 1.37 Å². The fraction of sp³-hybridized carbons (Fsp3) is 0.167. The first-order chi connectivity index (χ1) is 5.02. The molecule has 54 valence electrons. The molecule has 0 aliphatic rings. The van der Waals surface area contributed by atoms with Crippen LogP contribution in [0.2, 0.25) is 0 Å². The number of pyridine rings is 1. The van der Waals surface area contributed by atoms with E-state index in [2.05, 4.69) is 4.98 Å². The Balaban J connectivity index is 3.37. The van der Waals surface area contributed by atoms with Crippen LogP contribution in [0, 0.1) is 0 Å². The summed E-state index contributed by atoms with van der Waals surface area (Å²) in [6.45, 7) is 0. The van der Waals surface area contributed by atoms with Gasteiger partial charge < -0.3 is 0 Å². The molecule has 1 heterocycles. The molecule has 10 heavy (non-hydrogen) atoms. The van der Waals surface area contributed by atoms with E-state index < -0.39 is 9.84 Å². The molecule has 0 saturated carbocycles. The van der Waals surface area contributed by atoms with E-state index in [0.29, 0.717) is 0 Å². The lowest BCUT2D eigenvalue weighted by Crippen LogP contribution is -1.98. The molecule has 0 N–H and O–H groups in total. The van der Waals surface area contributed by atoms with Crippen molar-refractivity contribution in [2.45, 2.75) is 5.03 Å². The summed E-state index contributed by atoms with van der Waals surface area (Å²) in [5.74, 6) is 0. The number of rotatable bonds is 1. The Labute approximate surface area is 61.0 Å². The molecule has 0 saturated heterocycles. The Morgan fingerprint density at radius 2 is 2.30 bits per heavy atom. The maximum atomic E-state index is 10.9. The normalized spacial score (nSPS) is 12.7. The molecule has 1 rings (SSSR count). The molecule has 4 heteroatoms. The first kappa shape index (κ1) is 5.85. The van der Waals surface area contributed by atoms with Crippen LogP contribution in [0.25, 0.3) is 0 Å². The molecule has 0 amide bonds. The third-order valence-corrected chi connectivity index (χ3v) is 1.86. The van der Waals surface area contributed by atoms with E-state index in [-0.39, 0.29) is 11.1 Å². The molecule has 1 aromatic rings. The zero-order chi connectivity index (χ0) is 8.48. The molecular formula is C6H7NO2S. The zero-order valence-corrected chi connectivity index (χ0v) is 6.22. The second-order valence-electron chi connectivity index (χ2n) is 1.86. The van der Waals surface area contributed by atoms with Gasteiger partial charge in [-0.05, 0) is 12.1 Å². The van der Waals surface area contributed by atoms with E-state index in [4.69, 9.17) is 1.37 Å². The minimum Gasteiger partial charge on any atom is -0.245 e. The monoisotopic (exact) mass is 158 g/mol. The van der Waals surface area contributed by atoms with E-state index in [1.165, 1.54) is 18.3 Å². The summed E-state index contributed by atoms with van der Waals surface area (Å²) in [6, 6.07) is 2.86. The average molecular weight is 158 g/mol. The summed E-state index contributed by atoms with van der Waals surface area (Å²) >= 11 is 0. The first-order valence-electron chi connectivity index (χ1n) is 3.13. The van der Waals surface area contributed by atoms with E-state index in [1.807, 2.05) is 0 Å². The van der Waals surface area contributed by atoms with Crippen molar-refractivity contribution in [1.29, 1.82) is 0 Å². The van der Waals surface area contributed by atoms with Crippen LogP contribution in [0.3, 0.4) is 0 Å². The van der Waals surface area contributed by atoms with E-state index in [9.17, 15) is 8.42 Å². The second-order valence-corrected chi connectivity index (χ2v) is 3.79. The van der Waals surface area contributed by atoms with Crippen LogP contribution in [0.15, 0.2) is 29.4 Å². The summed E-state index contributed by atoms with van der Waals surface area (Å²) in [6.07, 6.45) is 2.39. The minimum absolute atomic E-state index is 0.0602. The topological polar surface area (TPSA) is 47.0 Å². The van der Waals surface area contributed by atoms with Gasteiger partial charge in [-0.3, -0.25) is 0 Å². The highest BCUT2D eigenvalue weighted by atomic mass is 32.2. The fourth-order valence-electron chi connectivity index (χ4n) is 0.513. The lowest BCUT2D eigenvalue weighted by atomic mass is 10.5. The quantitative estimate of drug-likeness (QED) is 0.597. The maximum Gasteiger partial charge on any atom is 0.192 e. The predicted octanol–water partition coefficient (Wildman–Crippen LogP) is 0.485. The van der Waals surface area contributed by atoms with Crippen molar-refractivity contribution in [2.24, 2.45) is 0 Å². The number of nitrogens with zero attached hydrogens (tertiary/aromatic N) is 1. The summed E-state index contributed by atoms with van der Waals surface area (Å²) in [7, 11) is -3.33. The maximum absolute atomic E-state index is 10.9. The standard InChI is InChI=1S/C6H7NO2S/c1-10(8,9)6-4-2-3-5-7-6/h2-5H,1H3/i4D. The lowest BCUT2D eigenvalue weighted by Gasteiger charge is -1.92. The molecule has 0 fully saturated rings. The van der Waals surface area contributed by atoms with Crippen LogP contribution in [-0.2, 0) is 9.84 Å². The van der Waals surface area contributed by atoms with Crippen LogP contribution in [0.5, 0.6) is 0 Å². The van der Waals surface area contributed by atoms with Gasteiger partial charge in [-0.15, -0.1) is 0 Å². The van der Waals surface area contributed by atoms with Crippen molar-refractivity contribution in [2.75, 3.05) is 6.26 Å². The van der Waals surface area contributed by atoms with Gasteiger partial charge in [-0.25, -0.2) is 13.4 Å². The molecule has 1 aromatic heterocycles. The van der Waals surface area contributed by atoms with Gasteiger partial charge in [-0.1, -0.05) is 6.07 Å². The predicted molar refractivity (Wildman–Crippen MR) is 37.3 cm³/mol. The molecule has 0 unspecified atom stereocenters. The number of hydrogen-bond acceptors (Lipinski definition) is 3. The third-order valence-electron chi connectivity index (χ3n) is 0.932. The van der Waals surface area contributed by atoms with Crippen molar-refractivity contribution in [3.8, 4) is 0 Å². The van der Waals surface area contributed by atoms with Crippen molar-refractivity contribution in [3.05, 3.63) is 24.4 Å². The Morgan fingerprint density at radius 1 is 1.60 bits per heavy atom. The number of aromatic nitrogens is 1. The first-order valence-corrected chi connectivity index (χ1v) is 4.52. The fourth-order valence-corrected chi connectivity index (χ4v) is 1.05. The van der Waals surface area contributed by atoms with Crippen LogP contribution in [-0.4, -0.2) is 19.7 Å². The van der Waals surface area contributed by atoms with Gasteiger partial charge in [0.2, 0.25) is 0 Å². The Hall–Kier alpha value is -0.900. The molecule has 0 atom stereocenters. The van der Waals surface area contributed by atoms with Crippen LogP contribution >= 0.6 is 0 Å². The van der Waals surface area contributed by atoms with Crippen molar-refractivity contribution < 1.29 is 9.79 Å². The molecule has 3 nitrogen and oxygen atoms in total. The van der Waals surface area contributed by atoms with Gasteiger partial charge in [0, 0.05) is 12.5 Å². The number of hydrogen-bond donors (Lipinski definition) is 0. The highest BCUT2D eigenvalue weighted by Gasteiger charge is 2.05. The molecule has 0 aromatic carbocycles. The van der Waals surface area contributed by atoms with Gasteiger partial charge >= 0.3 is 0 Å². The van der Waals surface area contributed by atoms with Crippen molar-refractivity contribution in [1.82, 2.24) is 4.98 Å². The molecule has 0 spiro atoms. The highest BCUT2D eigenvalue weighted by molar-refractivity contribution is 7.90. The third kappa shape index (κ3) is 1.54. The van der Waals surface area contributed by atoms with Gasteiger partial charge in [-0.2, -0.15) is 0 Å². The van der Waals surface area contributed by atoms with E-state index in [1.54, 1.807) is 0 Å². The summed E-state index contributed by atoms with van der Waals surface area (Å²) in [5, 5.41) is -0.167.